The zero-order chi connectivity index (χ0) is 13.9. The molecule has 0 aliphatic heterocycles. The van der Waals surface area contributed by atoms with Crippen LogP contribution in [-0.4, -0.2) is 4.98 Å². The van der Waals surface area contributed by atoms with Crippen LogP contribution in [0.15, 0.2) is 16.8 Å². The third-order valence-electron chi connectivity index (χ3n) is 3.92. The Labute approximate surface area is 123 Å². The minimum absolute atomic E-state index is 0.382. The summed E-state index contributed by atoms with van der Waals surface area (Å²) in [5.74, 6) is 0.382. The number of aromatic nitrogens is 1. The van der Waals surface area contributed by atoms with Crippen LogP contribution in [0, 0.1) is 11.3 Å². The van der Waals surface area contributed by atoms with Gasteiger partial charge in [0.25, 0.3) is 0 Å². The highest BCUT2D eigenvalue weighted by atomic mass is 32.1. The Morgan fingerprint density at radius 3 is 2.70 bits per heavy atom. The number of anilines is 1. The smallest absolute Gasteiger partial charge is 0.142 e. The van der Waals surface area contributed by atoms with Crippen molar-refractivity contribution in [3.05, 3.63) is 33.6 Å². The summed E-state index contributed by atoms with van der Waals surface area (Å²) in [6, 6.07) is 4.32. The average molecular weight is 283 g/mol. The van der Waals surface area contributed by atoms with Gasteiger partial charge in [0, 0.05) is 11.3 Å². The van der Waals surface area contributed by atoms with Crippen LogP contribution in [-0.2, 0) is 12.8 Å². The van der Waals surface area contributed by atoms with E-state index in [2.05, 4.69) is 22.5 Å². The number of nitriles is 1. The minimum atomic E-state index is 0.382. The van der Waals surface area contributed by atoms with Crippen molar-refractivity contribution >= 4 is 17.2 Å². The van der Waals surface area contributed by atoms with Gasteiger partial charge in [-0.25, -0.2) is 4.98 Å². The Morgan fingerprint density at radius 1 is 1.20 bits per heavy atom. The maximum atomic E-state index is 9.46. The number of nitrogens with two attached hydrogens (primary N) is 1. The summed E-state index contributed by atoms with van der Waals surface area (Å²) in [5, 5.41) is 13.6. The molecule has 2 aromatic rings. The molecule has 1 aliphatic rings. The lowest BCUT2D eigenvalue weighted by Crippen LogP contribution is -2.09. The van der Waals surface area contributed by atoms with E-state index in [9.17, 15) is 5.26 Å². The maximum absolute atomic E-state index is 9.46. The van der Waals surface area contributed by atoms with E-state index in [-0.39, 0.29) is 0 Å². The van der Waals surface area contributed by atoms with Gasteiger partial charge in [-0.05, 0) is 53.6 Å². The summed E-state index contributed by atoms with van der Waals surface area (Å²) < 4.78 is 0. The molecule has 0 amide bonds. The van der Waals surface area contributed by atoms with Gasteiger partial charge >= 0.3 is 0 Å². The zero-order valence-electron chi connectivity index (χ0n) is 11.4. The summed E-state index contributed by atoms with van der Waals surface area (Å²) in [7, 11) is 0. The zero-order valence-corrected chi connectivity index (χ0v) is 12.2. The molecule has 4 heteroatoms. The Bertz CT molecular complexity index is 653. The van der Waals surface area contributed by atoms with Crippen LogP contribution in [0.1, 0.15) is 42.5 Å². The molecule has 0 aromatic carbocycles. The third kappa shape index (κ3) is 2.30. The van der Waals surface area contributed by atoms with E-state index in [1.807, 2.05) is 5.38 Å². The molecule has 0 spiro atoms. The molecule has 3 nitrogen and oxygen atoms in total. The van der Waals surface area contributed by atoms with Crippen LogP contribution >= 0.6 is 11.3 Å². The SMILES string of the molecule is N#Cc1c(N)nc2c(c1-c1ccsc1)CCCCCC2. The van der Waals surface area contributed by atoms with E-state index in [1.54, 1.807) is 11.3 Å². The van der Waals surface area contributed by atoms with Gasteiger partial charge in [-0.2, -0.15) is 16.6 Å². The molecule has 0 unspecified atom stereocenters. The number of pyridine rings is 1. The summed E-state index contributed by atoms with van der Waals surface area (Å²) in [5.41, 5.74) is 11.0. The first-order chi connectivity index (χ1) is 9.81. The summed E-state index contributed by atoms with van der Waals surface area (Å²) in [4.78, 5) is 4.52. The Morgan fingerprint density at radius 2 is 2.00 bits per heavy atom. The van der Waals surface area contributed by atoms with E-state index in [1.165, 1.54) is 24.8 Å². The van der Waals surface area contributed by atoms with E-state index in [0.717, 1.165) is 36.1 Å². The Balaban J connectivity index is 2.25. The Hall–Kier alpha value is -1.86. The van der Waals surface area contributed by atoms with E-state index < -0.39 is 0 Å². The van der Waals surface area contributed by atoms with Gasteiger partial charge < -0.3 is 5.73 Å². The van der Waals surface area contributed by atoms with Gasteiger partial charge in [0.1, 0.15) is 17.5 Å². The quantitative estimate of drug-likeness (QED) is 0.862. The van der Waals surface area contributed by atoms with Gasteiger partial charge in [-0.15, -0.1) is 0 Å². The minimum Gasteiger partial charge on any atom is -0.383 e. The lowest BCUT2D eigenvalue weighted by Gasteiger charge is -2.19. The molecule has 2 aromatic heterocycles. The molecular formula is C16H17N3S. The predicted molar refractivity (Wildman–Crippen MR) is 82.6 cm³/mol. The van der Waals surface area contributed by atoms with E-state index in [0.29, 0.717) is 11.4 Å². The molecule has 2 heterocycles. The molecule has 2 N–H and O–H groups in total. The largest absolute Gasteiger partial charge is 0.383 e. The van der Waals surface area contributed by atoms with Crippen molar-refractivity contribution in [2.45, 2.75) is 38.5 Å². The number of thiophene rings is 1. The Kier molecular flexibility index (Phi) is 3.70. The normalized spacial score (nSPS) is 14.9. The number of hydrogen-bond donors (Lipinski definition) is 1. The van der Waals surface area contributed by atoms with Crippen molar-refractivity contribution < 1.29 is 0 Å². The van der Waals surface area contributed by atoms with Gasteiger partial charge in [-0.1, -0.05) is 12.8 Å². The fourth-order valence-electron chi connectivity index (χ4n) is 2.95. The van der Waals surface area contributed by atoms with Gasteiger partial charge in [-0.3, -0.25) is 0 Å². The number of nitrogens with zero attached hydrogens (tertiary/aromatic N) is 2. The second-order valence-electron chi connectivity index (χ2n) is 5.21. The molecule has 20 heavy (non-hydrogen) atoms. The monoisotopic (exact) mass is 283 g/mol. The molecule has 102 valence electrons. The van der Waals surface area contributed by atoms with Crippen LogP contribution in [0.5, 0.6) is 0 Å². The highest BCUT2D eigenvalue weighted by molar-refractivity contribution is 7.08. The molecule has 0 bridgehead atoms. The van der Waals surface area contributed by atoms with Gasteiger partial charge in [0.05, 0.1) is 0 Å². The predicted octanol–water partition coefficient (Wildman–Crippen LogP) is 3.92. The number of rotatable bonds is 1. The lowest BCUT2D eigenvalue weighted by molar-refractivity contribution is 0.610. The first-order valence-corrected chi connectivity index (χ1v) is 7.99. The van der Waals surface area contributed by atoms with Crippen molar-refractivity contribution in [1.82, 2.24) is 4.98 Å². The van der Waals surface area contributed by atoms with E-state index >= 15 is 0 Å². The van der Waals surface area contributed by atoms with Crippen molar-refractivity contribution in [2.24, 2.45) is 0 Å². The number of aryl methyl sites for hydroxylation is 1. The van der Waals surface area contributed by atoms with Crippen LogP contribution < -0.4 is 5.73 Å². The first-order valence-electron chi connectivity index (χ1n) is 7.05. The fourth-order valence-corrected chi connectivity index (χ4v) is 3.60. The second kappa shape index (κ2) is 5.64. The van der Waals surface area contributed by atoms with E-state index in [4.69, 9.17) is 5.73 Å². The lowest BCUT2D eigenvalue weighted by atomic mass is 9.89. The van der Waals surface area contributed by atoms with Crippen LogP contribution in [0.2, 0.25) is 0 Å². The van der Waals surface area contributed by atoms with Crippen molar-refractivity contribution in [2.75, 3.05) is 5.73 Å². The molecule has 0 saturated carbocycles. The number of fused-ring (bicyclic) bond motifs is 1. The standard InChI is InChI=1S/C16H17N3S/c17-9-13-15(11-7-8-20-10-11)12-5-3-1-2-4-6-14(12)19-16(13)18/h7-8,10H,1-6H2,(H2,18,19). The summed E-state index contributed by atoms with van der Waals surface area (Å²) in [6.45, 7) is 0. The molecule has 0 saturated heterocycles. The summed E-state index contributed by atoms with van der Waals surface area (Å²) >= 11 is 1.65. The number of nitrogen functional groups attached to an aromatic ring is 1. The van der Waals surface area contributed by atoms with Crippen molar-refractivity contribution in [3.8, 4) is 17.2 Å². The first kappa shape index (κ1) is 13.1. The average Bonchev–Trinajstić information content (AvgIpc) is 2.93. The fraction of sp³-hybridized carbons (Fsp3) is 0.375. The highest BCUT2D eigenvalue weighted by Gasteiger charge is 2.20. The molecule has 0 radical (unpaired) electrons. The van der Waals surface area contributed by atoms with Crippen LogP contribution in [0.25, 0.3) is 11.1 Å². The van der Waals surface area contributed by atoms with Crippen LogP contribution in [0.3, 0.4) is 0 Å². The third-order valence-corrected chi connectivity index (χ3v) is 4.61. The van der Waals surface area contributed by atoms with Crippen LogP contribution in [0.4, 0.5) is 5.82 Å². The van der Waals surface area contributed by atoms with Crippen molar-refractivity contribution in [1.29, 1.82) is 5.26 Å². The molecule has 0 fully saturated rings. The maximum Gasteiger partial charge on any atom is 0.142 e. The second-order valence-corrected chi connectivity index (χ2v) is 5.99. The molecule has 0 atom stereocenters. The van der Waals surface area contributed by atoms with Crippen molar-refractivity contribution in [3.63, 3.8) is 0 Å². The summed E-state index contributed by atoms with van der Waals surface area (Å²) in [6.07, 6.45) is 6.82. The highest BCUT2D eigenvalue weighted by Crippen LogP contribution is 2.35. The van der Waals surface area contributed by atoms with Gasteiger partial charge in [0.15, 0.2) is 0 Å². The molecular weight excluding hydrogens is 266 g/mol. The topological polar surface area (TPSA) is 62.7 Å². The number of hydrogen-bond acceptors (Lipinski definition) is 4. The van der Waals surface area contributed by atoms with Gasteiger partial charge in [0.2, 0.25) is 0 Å². The molecule has 1 aliphatic carbocycles. The molecule has 3 rings (SSSR count).